The van der Waals surface area contributed by atoms with Gasteiger partial charge in [-0.1, -0.05) is 6.92 Å². The number of nitriles is 1. The van der Waals surface area contributed by atoms with E-state index in [4.69, 9.17) is 5.26 Å². The summed E-state index contributed by atoms with van der Waals surface area (Å²) in [6.07, 6.45) is 0.649. The van der Waals surface area contributed by atoms with Gasteiger partial charge >= 0.3 is 0 Å². The molecule has 0 amide bonds. The molecule has 1 saturated heterocycles. The third-order valence-corrected chi connectivity index (χ3v) is 2.84. The molecule has 1 rings (SSSR count). The summed E-state index contributed by atoms with van der Waals surface area (Å²) in [5.74, 6) is 0. The Balaban J connectivity index is 2.51. The summed E-state index contributed by atoms with van der Waals surface area (Å²) >= 11 is 0. The van der Waals surface area contributed by atoms with Gasteiger partial charge in [0.15, 0.2) is 0 Å². The lowest BCUT2D eigenvalue weighted by Crippen LogP contribution is -2.68. The van der Waals surface area contributed by atoms with E-state index in [1.807, 2.05) is 0 Å². The Hall–Kier alpha value is -0.590. The SMILES string of the molecule is CCN1CC(CC#N)(N(C)C)C1. The summed E-state index contributed by atoms with van der Waals surface area (Å²) in [7, 11) is 4.12. The molecule has 0 radical (unpaired) electrons. The Morgan fingerprint density at radius 3 is 2.42 bits per heavy atom. The topological polar surface area (TPSA) is 30.3 Å². The van der Waals surface area contributed by atoms with E-state index in [0.29, 0.717) is 6.42 Å². The van der Waals surface area contributed by atoms with Gasteiger partial charge in [0.05, 0.1) is 18.0 Å². The van der Waals surface area contributed by atoms with Gasteiger partial charge in [0.25, 0.3) is 0 Å². The van der Waals surface area contributed by atoms with Crippen LogP contribution in [0.25, 0.3) is 0 Å². The quantitative estimate of drug-likeness (QED) is 0.614. The molecular formula is C9H17N3. The van der Waals surface area contributed by atoms with E-state index in [9.17, 15) is 0 Å². The fraction of sp³-hybridized carbons (Fsp3) is 0.889. The van der Waals surface area contributed by atoms with Crippen molar-refractivity contribution in [1.29, 1.82) is 5.26 Å². The molecule has 0 bridgehead atoms. The number of likely N-dealkylation sites (N-methyl/N-ethyl adjacent to an activating group) is 2. The summed E-state index contributed by atoms with van der Waals surface area (Å²) in [6.45, 7) is 5.35. The van der Waals surface area contributed by atoms with Crippen LogP contribution in [0.3, 0.4) is 0 Å². The van der Waals surface area contributed by atoms with Gasteiger partial charge in [-0.15, -0.1) is 0 Å². The lowest BCUT2D eigenvalue weighted by atomic mass is 9.85. The first-order chi connectivity index (χ1) is 5.64. The summed E-state index contributed by atoms with van der Waals surface area (Å²) in [5, 5.41) is 8.68. The van der Waals surface area contributed by atoms with Gasteiger partial charge in [-0.05, 0) is 20.6 Å². The predicted molar refractivity (Wildman–Crippen MR) is 48.8 cm³/mol. The monoisotopic (exact) mass is 167 g/mol. The van der Waals surface area contributed by atoms with E-state index < -0.39 is 0 Å². The fourth-order valence-corrected chi connectivity index (χ4v) is 1.71. The first-order valence-electron chi connectivity index (χ1n) is 4.41. The third-order valence-electron chi connectivity index (χ3n) is 2.84. The highest BCUT2D eigenvalue weighted by Gasteiger charge is 2.43. The fourth-order valence-electron chi connectivity index (χ4n) is 1.71. The highest BCUT2D eigenvalue weighted by molar-refractivity contribution is 5.06. The van der Waals surface area contributed by atoms with E-state index in [1.165, 1.54) is 0 Å². The Kier molecular flexibility index (Phi) is 2.71. The van der Waals surface area contributed by atoms with Crippen LogP contribution in [-0.2, 0) is 0 Å². The second kappa shape index (κ2) is 3.42. The van der Waals surface area contributed by atoms with Gasteiger partial charge in [0.1, 0.15) is 0 Å². The maximum Gasteiger partial charge on any atom is 0.0642 e. The molecule has 0 spiro atoms. The molecule has 0 aliphatic carbocycles. The van der Waals surface area contributed by atoms with Gasteiger partial charge in [0.2, 0.25) is 0 Å². The molecule has 0 saturated carbocycles. The van der Waals surface area contributed by atoms with Gasteiger partial charge in [0, 0.05) is 13.1 Å². The molecular weight excluding hydrogens is 150 g/mol. The van der Waals surface area contributed by atoms with Crippen molar-refractivity contribution in [3.8, 4) is 6.07 Å². The number of rotatable bonds is 3. The number of nitrogens with zero attached hydrogens (tertiary/aromatic N) is 3. The van der Waals surface area contributed by atoms with Gasteiger partial charge < -0.3 is 4.90 Å². The minimum absolute atomic E-state index is 0.144. The Morgan fingerprint density at radius 1 is 1.50 bits per heavy atom. The van der Waals surface area contributed by atoms with Crippen molar-refractivity contribution < 1.29 is 0 Å². The summed E-state index contributed by atoms with van der Waals surface area (Å²) in [5.41, 5.74) is 0.144. The molecule has 0 atom stereocenters. The second-order valence-corrected chi connectivity index (χ2v) is 3.76. The summed E-state index contributed by atoms with van der Waals surface area (Å²) in [4.78, 5) is 4.54. The molecule has 0 aromatic heterocycles. The second-order valence-electron chi connectivity index (χ2n) is 3.76. The van der Waals surface area contributed by atoms with Crippen molar-refractivity contribution in [2.24, 2.45) is 0 Å². The van der Waals surface area contributed by atoms with Crippen LogP contribution in [0.1, 0.15) is 13.3 Å². The van der Waals surface area contributed by atoms with Crippen LogP contribution in [0.4, 0.5) is 0 Å². The lowest BCUT2D eigenvalue weighted by Gasteiger charge is -2.52. The molecule has 68 valence electrons. The van der Waals surface area contributed by atoms with Crippen LogP contribution < -0.4 is 0 Å². The van der Waals surface area contributed by atoms with Crippen molar-refractivity contribution in [3.63, 3.8) is 0 Å². The number of hydrogen-bond donors (Lipinski definition) is 0. The van der Waals surface area contributed by atoms with Gasteiger partial charge in [-0.3, -0.25) is 4.90 Å². The maximum atomic E-state index is 8.68. The van der Waals surface area contributed by atoms with E-state index in [-0.39, 0.29) is 5.54 Å². The zero-order valence-electron chi connectivity index (χ0n) is 8.17. The lowest BCUT2D eigenvalue weighted by molar-refractivity contribution is -0.0227. The largest absolute Gasteiger partial charge is 0.300 e. The van der Waals surface area contributed by atoms with Crippen LogP contribution in [0.15, 0.2) is 0 Å². The Bertz CT molecular complexity index is 186. The van der Waals surface area contributed by atoms with Crippen LogP contribution >= 0.6 is 0 Å². The highest BCUT2D eigenvalue weighted by Crippen LogP contribution is 2.28. The number of likely N-dealkylation sites (tertiary alicyclic amines) is 1. The van der Waals surface area contributed by atoms with Crippen molar-refractivity contribution in [2.75, 3.05) is 33.7 Å². The van der Waals surface area contributed by atoms with Crippen LogP contribution in [0, 0.1) is 11.3 Å². The maximum absolute atomic E-state index is 8.68. The molecule has 3 heteroatoms. The van der Waals surface area contributed by atoms with Crippen LogP contribution in [0.5, 0.6) is 0 Å². The molecule has 1 aliphatic rings. The normalized spacial score (nSPS) is 21.9. The standard InChI is InChI=1S/C9H17N3/c1-4-12-7-9(8-12,5-6-10)11(2)3/h4-5,7-8H2,1-3H3. The van der Waals surface area contributed by atoms with Crippen molar-refractivity contribution in [2.45, 2.75) is 18.9 Å². The Morgan fingerprint density at radius 2 is 2.08 bits per heavy atom. The molecule has 0 unspecified atom stereocenters. The average molecular weight is 167 g/mol. The van der Waals surface area contributed by atoms with Gasteiger partial charge in [-0.2, -0.15) is 5.26 Å². The smallest absolute Gasteiger partial charge is 0.0642 e. The first-order valence-corrected chi connectivity index (χ1v) is 4.41. The van der Waals surface area contributed by atoms with E-state index >= 15 is 0 Å². The molecule has 0 aromatic carbocycles. The van der Waals surface area contributed by atoms with Crippen LogP contribution in [-0.4, -0.2) is 49.1 Å². The first kappa shape index (κ1) is 9.50. The van der Waals surface area contributed by atoms with Gasteiger partial charge in [-0.25, -0.2) is 0 Å². The summed E-state index contributed by atoms with van der Waals surface area (Å²) in [6, 6.07) is 2.27. The van der Waals surface area contributed by atoms with E-state index in [0.717, 1.165) is 19.6 Å². The highest BCUT2D eigenvalue weighted by atomic mass is 15.3. The minimum Gasteiger partial charge on any atom is -0.300 e. The zero-order valence-corrected chi connectivity index (χ0v) is 8.17. The molecule has 1 heterocycles. The predicted octanol–water partition coefficient (Wildman–Crippen LogP) is 0.536. The molecule has 1 aliphatic heterocycles. The van der Waals surface area contributed by atoms with E-state index in [2.05, 4.69) is 36.9 Å². The molecule has 1 fully saturated rings. The average Bonchev–Trinajstić information content (AvgIpc) is 1.95. The zero-order chi connectivity index (χ0) is 9.19. The number of hydrogen-bond acceptors (Lipinski definition) is 3. The minimum atomic E-state index is 0.144. The third kappa shape index (κ3) is 1.45. The molecule has 0 aromatic rings. The summed E-state index contributed by atoms with van der Waals surface area (Å²) < 4.78 is 0. The van der Waals surface area contributed by atoms with Crippen molar-refractivity contribution in [1.82, 2.24) is 9.80 Å². The molecule has 0 N–H and O–H groups in total. The Labute approximate surface area is 74.6 Å². The molecule has 3 nitrogen and oxygen atoms in total. The van der Waals surface area contributed by atoms with Crippen molar-refractivity contribution in [3.05, 3.63) is 0 Å². The molecule has 12 heavy (non-hydrogen) atoms. The van der Waals surface area contributed by atoms with Crippen LogP contribution in [0.2, 0.25) is 0 Å². The van der Waals surface area contributed by atoms with E-state index in [1.54, 1.807) is 0 Å². The van der Waals surface area contributed by atoms with Crippen molar-refractivity contribution >= 4 is 0 Å².